The van der Waals surface area contributed by atoms with Gasteiger partial charge in [-0.25, -0.2) is 0 Å². The summed E-state index contributed by atoms with van der Waals surface area (Å²) in [5, 5.41) is 9.73. The van der Waals surface area contributed by atoms with Crippen LogP contribution in [0, 0.1) is 5.92 Å². The zero-order valence-electron chi connectivity index (χ0n) is 11.5. The summed E-state index contributed by atoms with van der Waals surface area (Å²) in [6.07, 6.45) is 1.64. The molecule has 1 rings (SSSR count). The molecule has 0 aliphatic rings. The van der Waals surface area contributed by atoms with Gasteiger partial charge in [-0.1, -0.05) is 39.3 Å². The lowest BCUT2D eigenvalue weighted by atomic mass is 10.1. The molecule has 0 amide bonds. The van der Waals surface area contributed by atoms with Gasteiger partial charge in [0.15, 0.2) is 0 Å². The van der Waals surface area contributed by atoms with Crippen molar-refractivity contribution in [3.05, 3.63) is 29.8 Å². The number of benzene rings is 1. The molecule has 0 radical (unpaired) electrons. The van der Waals surface area contributed by atoms with Crippen LogP contribution in [0.3, 0.4) is 0 Å². The molecule has 1 aromatic carbocycles. The van der Waals surface area contributed by atoms with Gasteiger partial charge in [-0.2, -0.15) is 0 Å². The zero-order valence-corrected chi connectivity index (χ0v) is 11.5. The topological polar surface area (TPSA) is 23.5 Å². The van der Waals surface area contributed by atoms with Gasteiger partial charge in [0.25, 0.3) is 0 Å². The predicted octanol–water partition coefficient (Wildman–Crippen LogP) is 3.61. The number of aliphatic hydroxyl groups excluding tert-OH is 1. The normalized spacial score (nSPS) is 14.4. The first-order chi connectivity index (χ1) is 8.08. The first-order valence-electron chi connectivity index (χ1n) is 6.57. The second-order valence-corrected chi connectivity index (χ2v) is 4.91. The minimum atomic E-state index is -0.330. The molecule has 0 aromatic heterocycles. The summed E-state index contributed by atoms with van der Waals surface area (Å²) in [4.78, 5) is 2.27. The van der Waals surface area contributed by atoms with Gasteiger partial charge in [0, 0.05) is 19.3 Å². The Balaban J connectivity index is 2.66. The molecular formula is C15H25NO. The fraction of sp³-hybridized carbons (Fsp3) is 0.600. The Morgan fingerprint density at radius 1 is 1.12 bits per heavy atom. The molecule has 0 bridgehead atoms. The van der Waals surface area contributed by atoms with Crippen LogP contribution >= 0.6 is 0 Å². The molecule has 2 heteroatoms. The monoisotopic (exact) mass is 235 g/mol. The van der Waals surface area contributed by atoms with Gasteiger partial charge in [-0.3, -0.25) is 0 Å². The predicted molar refractivity (Wildman–Crippen MR) is 74.4 cm³/mol. The van der Waals surface area contributed by atoms with Gasteiger partial charge in [0.05, 0.1) is 6.10 Å². The van der Waals surface area contributed by atoms with E-state index in [4.69, 9.17) is 0 Å². The van der Waals surface area contributed by atoms with E-state index in [1.165, 1.54) is 12.1 Å². The summed E-state index contributed by atoms with van der Waals surface area (Å²) >= 11 is 0. The number of aliphatic hydroxyl groups is 1. The molecule has 2 unspecified atom stereocenters. The van der Waals surface area contributed by atoms with Crippen molar-refractivity contribution in [3.8, 4) is 0 Å². The minimum absolute atomic E-state index is 0.330. The Morgan fingerprint density at radius 3 is 2.18 bits per heavy atom. The van der Waals surface area contributed by atoms with Crippen molar-refractivity contribution >= 4 is 5.69 Å². The molecular weight excluding hydrogens is 210 g/mol. The van der Waals surface area contributed by atoms with Crippen molar-refractivity contribution in [1.29, 1.82) is 0 Å². The van der Waals surface area contributed by atoms with Gasteiger partial charge in [0.2, 0.25) is 0 Å². The van der Waals surface area contributed by atoms with Crippen molar-refractivity contribution < 1.29 is 5.11 Å². The van der Waals surface area contributed by atoms with Gasteiger partial charge >= 0.3 is 0 Å². The van der Waals surface area contributed by atoms with Gasteiger partial charge in [-0.15, -0.1) is 0 Å². The molecule has 0 fully saturated rings. The van der Waals surface area contributed by atoms with Gasteiger partial charge < -0.3 is 10.0 Å². The van der Waals surface area contributed by atoms with Crippen LogP contribution in [0.4, 0.5) is 5.69 Å². The summed E-state index contributed by atoms with van der Waals surface area (Å²) in [6.45, 7) is 7.56. The summed E-state index contributed by atoms with van der Waals surface area (Å²) in [7, 11) is 2.12. The Labute approximate surface area is 105 Å². The third-order valence-electron chi connectivity index (χ3n) is 3.39. The Hall–Kier alpha value is -1.02. The fourth-order valence-electron chi connectivity index (χ4n) is 1.89. The summed E-state index contributed by atoms with van der Waals surface area (Å²) in [5.41, 5.74) is 2.23. The van der Waals surface area contributed by atoms with E-state index in [1.54, 1.807) is 0 Å². The van der Waals surface area contributed by atoms with E-state index in [0.29, 0.717) is 5.92 Å². The Bertz CT molecular complexity index is 320. The summed E-state index contributed by atoms with van der Waals surface area (Å²) < 4.78 is 0. The Kier molecular flexibility index (Phi) is 5.49. The molecule has 2 atom stereocenters. The molecule has 0 saturated heterocycles. The van der Waals surface area contributed by atoms with Crippen molar-refractivity contribution in [2.75, 3.05) is 18.5 Å². The van der Waals surface area contributed by atoms with E-state index >= 15 is 0 Å². The van der Waals surface area contributed by atoms with Crippen molar-refractivity contribution in [2.24, 2.45) is 5.92 Å². The highest BCUT2D eigenvalue weighted by atomic mass is 16.3. The van der Waals surface area contributed by atoms with Crippen LogP contribution in [-0.4, -0.2) is 18.7 Å². The number of hydrogen-bond donors (Lipinski definition) is 1. The molecule has 0 aliphatic carbocycles. The van der Waals surface area contributed by atoms with Gasteiger partial charge in [0.1, 0.15) is 0 Å². The van der Waals surface area contributed by atoms with E-state index in [-0.39, 0.29) is 6.10 Å². The lowest BCUT2D eigenvalue weighted by molar-refractivity contribution is 0.173. The number of anilines is 1. The zero-order chi connectivity index (χ0) is 12.8. The molecule has 0 spiro atoms. The maximum atomic E-state index is 9.73. The van der Waals surface area contributed by atoms with Crippen molar-refractivity contribution in [1.82, 2.24) is 0 Å². The third kappa shape index (κ3) is 4.04. The van der Waals surface area contributed by atoms with E-state index in [2.05, 4.69) is 37.9 Å². The van der Waals surface area contributed by atoms with E-state index in [1.807, 2.05) is 19.1 Å². The maximum absolute atomic E-state index is 9.73. The molecule has 2 nitrogen and oxygen atoms in total. The SMILES string of the molecule is CCC(C)CN(C)c1ccc(C(O)CC)cc1. The van der Waals surface area contributed by atoms with E-state index in [9.17, 15) is 5.11 Å². The molecule has 17 heavy (non-hydrogen) atoms. The second-order valence-electron chi connectivity index (χ2n) is 4.91. The highest BCUT2D eigenvalue weighted by Crippen LogP contribution is 2.21. The maximum Gasteiger partial charge on any atom is 0.0787 e. The molecule has 0 saturated carbocycles. The van der Waals surface area contributed by atoms with Gasteiger partial charge in [-0.05, 0) is 30.0 Å². The lowest BCUT2D eigenvalue weighted by Gasteiger charge is -2.23. The van der Waals surface area contributed by atoms with Crippen LogP contribution < -0.4 is 4.90 Å². The molecule has 0 heterocycles. The smallest absolute Gasteiger partial charge is 0.0787 e. The van der Waals surface area contributed by atoms with Crippen LogP contribution in [-0.2, 0) is 0 Å². The van der Waals surface area contributed by atoms with Crippen LogP contribution in [0.1, 0.15) is 45.3 Å². The highest BCUT2D eigenvalue weighted by Gasteiger charge is 2.07. The average molecular weight is 235 g/mol. The van der Waals surface area contributed by atoms with Crippen molar-refractivity contribution in [3.63, 3.8) is 0 Å². The largest absolute Gasteiger partial charge is 0.388 e. The number of rotatable bonds is 6. The van der Waals surface area contributed by atoms with Crippen LogP contribution in [0.5, 0.6) is 0 Å². The first kappa shape index (κ1) is 14.0. The fourth-order valence-corrected chi connectivity index (χ4v) is 1.89. The minimum Gasteiger partial charge on any atom is -0.388 e. The van der Waals surface area contributed by atoms with E-state index < -0.39 is 0 Å². The summed E-state index contributed by atoms with van der Waals surface area (Å²) in [5.74, 6) is 0.709. The number of nitrogens with zero attached hydrogens (tertiary/aromatic N) is 1. The average Bonchev–Trinajstić information content (AvgIpc) is 2.37. The molecule has 1 N–H and O–H groups in total. The summed E-state index contributed by atoms with van der Waals surface area (Å²) in [6, 6.07) is 8.24. The van der Waals surface area contributed by atoms with Crippen molar-refractivity contribution in [2.45, 2.75) is 39.7 Å². The lowest BCUT2D eigenvalue weighted by Crippen LogP contribution is -2.23. The second kappa shape index (κ2) is 6.65. The number of hydrogen-bond acceptors (Lipinski definition) is 2. The Morgan fingerprint density at radius 2 is 1.71 bits per heavy atom. The highest BCUT2D eigenvalue weighted by molar-refractivity contribution is 5.47. The molecule has 1 aromatic rings. The molecule has 0 aliphatic heterocycles. The van der Waals surface area contributed by atoms with E-state index in [0.717, 1.165) is 18.5 Å². The first-order valence-corrected chi connectivity index (χ1v) is 6.57. The van der Waals surface area contributed by atoms with Crippen LogP contribution in [0.15, 0.2) is 24.3 Å². The third-order valence-corrected chi connectivity index (χ3v) is 3.39. The van der Waals surface area contributed by atoms with Crippen LogP contribution in [0.2, 0.25) is 0 Å². The molecule has 96 valence electrons. The quantitative estimate of drug-likeness (QED) is 0.814. The standard InChI is InChI=1S/C15H25NO/c1-5-12(3)11-16(4)14-9-7-13(8-10-14)15(17)6-2/h7-10,12,15,17H,5-6,11H2,1-4H3. The van der Waals surface area contributed by atoms with Crippen LogP contribution in [0.25, 0.3) is 0 Å².